The Bertz CT molecular complexity index is 618. The summed E-state index contributed by atoms with van der Waals surface area (Å²) in [4.78, 5) is 6.45. The number of nitrogens with zero attached hydrogens (tertiary/aromatic N) is 2. The largest absolute Gasteiger partial charge is 0.508 e. The third-order valence-electron chi connectivity index (χ3n) is 4.26. The van der Waals surface area contributed by atoms with Gasteiger partial charge in [-0.2, -0.15) is 0 Å². The van der Waals surface area contributed by atoms with Gasteiger partial charge < -0.3 is 9.84 Å². The molecular formula is C19H24N2O2. The van der Waals surface area contributed by atoms with Crippen molar-refractivity contribution in [2.24, 2.45) is 0 Å². The van der Waals surface area contributed by atoms with E-state index < -0.39 is 0 Å². The van der Waals surface area contributed by atoms with Crippen molar-refractivity contribution in [2.75, 3.05) is 13.6 Å². The third-order valence-corrected chi connectivity index (χ3v) is 4.26. The number of phenolic OH excluding ortho intramolecular Hbond substituents is 1. The number of aromatic nitrogens is 1. The Labute approximate surface area is 137 Å². The zero-order valence-corrected chi connectivity index (χ0v) is 13.6. The summed E-state index contributed by atoms with van der Waals surface area (Å²) >= 11 is 0. The van der Waals surface area contributed by atoms with Crippen LogP contribution >= 0.6 is 0 Å². The summed E-state index contributed by atoms with van der Waals surface area (Å²) in [5.41, 5.74) is 2.36. The van der Waals surface area contributed by atoms with Crippen molar-refractivity contribution in [3.63, 3.8) is 0 Å². The molecule has 4 nitrogen and oxygen atoms in total. The van der Waals surface area contributed by atoms with Gasteiger partial charge in [0.2, 0.25) is 0 Å². The molecule has 2 heterocycles. The van der Waals surface area contributed by atoms with Gasteiger partial charge in [0.05, 0.1) is 12.2 Å². The number of phenols is 1. The molecule has 2 aromatic rings. The van der Waals surface area contributed by atoms with E-state index in [0.29, 0.717) is 11.9 Å². The molecule has 1 aromatic carbocycles. The van der Waals surface area contributed by atoms with Crippen LogP contribution in [0.1, 0.15) is 24.0 Å². The average Bonchev–Trinajstić information content (AvgIpc) is 2.95. The van der Waals surface area contributed by atoms with Gasteiger partial charge >= 0.3 is 0 Å². The van der Waals surface area contributed by atoms with Crippen LogP contribution in [0.25, 0.3) is 0 Å². The Balaban J connectivity index is 1.46. The molecule has 0 saturated carbocycles. The molecule has 23 heavy (non-hydrogen) atoms. The monoisotopic (exact) mass is 312 g/mol. The van der Waals surface area contributed by atoms with Crippen LogP contribution in [0.4, 0.5) is 0 Å². The van der Waals surface area contributed by atoms with Crippen molar-refractivity contribution >= 4 is 0 Å². The smallest absolute Gasteiger partial charge is 0.115 e. The molecule has 0 radical (unpaired) electrons. The number of hydrogen-bond acceptors (Lipinski definition) is 4. The second-order valence-electron chi connectivity index (χ2n) is 6.39. The first-order chi connectivity index (χ1) is 11.2. The minimum atomic E-state index is 0.258. The van der Waals surface area contributed by atoms with Crippen LogP contribution in [0.2, 0.25) is 0 Å². The van der Waals surface area contributed by atoms with Gasteiger partial charge in [0.15, 0.2) is 0 Å². The lowest BCUT2D eigenvalue weighted by atomic mass is 10.1. The van der Waals surface area contributed by atoms with Crippen LogP contribution < -0.4 is 0 Å². The van der Waals surface area contributed by atoms with E-state index in [-0.39, 0.29) is 6.10 Å². The molecule has 1 aliphatic heterocycles. The summed E-state index contributed by atoms with van der Waals surface area (Å²) in [5, 5.41) is 9.55. The van der Waals surface area contributed by atoms with E-state index in [2.05, 4.69) is 23.0 Å². The van der Waals surface area contributed by atoms with Crippen LogP contribution in [0.15, 0.2) is 48.8 Å². The molecule has 1 aromatic heterocycles. The minimum absolute atomic E-state index is 0.258. The van der Waals surface area contributed by atoms with Crippen LogP contribution in [-0.2, 0) is 17.7 Å². The fraction of sp³-hybridized carbons (Fsp3) is 0.421. The van der Waals surface area contributed by atoms with Gasteiger partial charge in [-0.15, -0.1) is 0 Å². The van der Waals surface area contributed by atoms with E-state index in [0.717, 1.165) is 37.9 Å². The van der Waals surface area contributed by atoms with Gasteiger partial charge in [-0.1, -0.05) is 18.2 Å². The highest BCUT2D eigenvalue weighted by molar-refractivity contribution is 5.27. The van der Waals surface area contributed by atoms with Crippen molar-refractivity contribution in [1.29, 1.82) is 0 Å². The van der Waals surface area contributed by atoms with Crippen LogP contribution in [-0.4, -0.2) is 40.8 Å². The number of ether oxygens (including phenoxy) is 1. The molecule has 1 fully saturated rings. The average molecular weight is 312 g/mol. The number of aromatic hydroxyl groups is 1. The normalized spacial score (nSPS) is 21.0. The lowest BCUT2D eigenvalue weighted by Gasteiger charge is -2.21. The molecule has 0 spiro atoms. The SMILES string of the molecule is CN(Cc1cccnc1)C[C@H]1CC[C@@H](Cc2cccc(O)c2)O1. The number of likely N-dealkylation sites (N-methyl/N-ethyl adjacent to an activating group) is 1. The Morgan fingerprint density at radius 2 is 2.00 bits per heavy atom. The minimum Gasteiger partial charge on any atom is -0.508 e. The Morgan fingerprint density at radius 3 is 2.78 bits per heavy atom. The lowest BCUT2D eigenvalue weighted by molar-refractivity contribution is 0.0267. The Kier molecular flexibility index (Phi) is 5.26. The predicted octanol–water partition coefficient (Wildman–Crippen LogP) is 3.01. The molecule has 1 saturated heterocycles. The summed E-state index contributed by atoms with van der Waals surface area (Å²) in [7, 11) is 2.12. The summed E-state index contributed by atoms with van der Waals surface area (Å²) in [6, 6.07) is 11.5. The molecule has 0 amide bonds. The van der Waals surface area contributed by atoms with Gasteiger partial charge in [0, 0.05) is 25.5 Å². The van der Waals surface area contributed by atoms with E-state index in [9.17, 15) is 5.11 Å². The van der Waals surface area contributed by atoms with Gasteiger partial charge in [-0.05, 0) is 55.6 Å². The van der Waals surface area contributed by atoms with Crippen molar-refractivity contribution in [2.45, 2.75) is 38.0 Å². The zero-order chi connectivity index (χ0) is 16.1. The fourth-order valence-electron chi connectivity index (χ4n) is 3.23. The van der Waals surface area contributed by atoms with Gasteiger partial charge in [-0.25, -0.2) is 0 Å². The van der Waals surface area contributed by atoms with E-state index in [1.54, 1.807) is 12.3 Å². The van der Waals surface area contributed by atoms with Gasteiger partial charge in [-0.3, -0.25) is 9.88 Å². The maximum atomic E-state index is 9.55. The van der Waals surface area contributed by atoms with Gasteiger partial charge in [0.1, 0.15) is 5.75 Å². The first-order valence-electron chi connectivity index (χ1n) is 8.20. The molecule has 0 aliphatic carbocycles. The summed E-state index contributed by atoms with van der Waals surface area (Å²) in [6.07, 6.45) is 7.32. The molecular weight excluding hydrogens is 288 g/mol. The number of benzene rings is 1. The molecule has 122 valence electrons. The maximum absolute atomic E-state index is 9.55. The molecule has 0 bridgehead atoms. The maximum Gasteiger partial charge on any atom is 0.115 e. The summed E-state index contributed by atoms with van der Waals surface area (Å²) < 4.78 is 6.17. The zero-order valence-electron chi connectivity index (χ0n) is 13.6. The van der Waals surface area contributed by atoms with Crippen LogP contribution in [0, 0.1) is 0 Å². The van der Waals surface area contributed by atoms with E-state index in [4.69, 9.17) is 4.74 Å². The number of hydrogen-bond donors (Lipinski definition) is 1. The van der Waals surface area contributed by atoms with Crippen molar-refractivity contribution in [1.82, 2.24) is 9.88 Å². The molecule has 1 aliphatic rings. The topological polar surface area (TPSA) is 45.6 Å². The van der Waals surface area contributed by atoms with E-state index in [1.165, 1.54) is 5.56 Å². The number of pyridine rings is 1. The highest BCUT2D eigenvalue weighted by Gasteiger charge is 2.26. The van der Waals surface area contributed by atoms with Crippen LogP contribution in [0.5, 0.6) is 5.75 Å². The summed E-state index contributed by atoms with van der Waals surface area (Å²) in [5.74, 6) is 0.327. The van der Waals surface area contributed by atoms with Crippen LogP contribution in [0.3, 0.4) is 0 Å². The Morgan fingerprint density at radius 1 is 1.17 bits per heavy atom. The quantitative estimate of drug-likeness (QED) is 0.890. The highest BCUT2D eigenvalue weighted by atomic mass is 16.5. The first-order valence-corrected chi connectivity index (χ1v) is 8.20. The predicted molar refractivity (Wildman–Crippen MR) is 90.3 cm³/mol. The lowest BCUT2D eigenvalue weighted by Crippen LogP contribution is -2.29. The Hall–Kier alpha value is -1.91. The fourth-order valence-corrected chi connectivity index (χ4v) is 3.23. The van der Waals surface area contributed by atoms with Crippen molar-refractivity contribution < 1.29 is 9.84 Å². The molecule has 2 atom stereocenters. The number of rotatable bonds is 6. The molecule has 4 heteroatoms. The third kappa shape index (κ3) is 4.78. The van der Waals surface area contributed by atoms with Crippen molar-refractivity contribution in [3.05, 3.63) is 59.9 Å². The van der Waals surface area contributed by atoms with E-state index >= 15 is 0 Å². The molecule has 1 N–H and O–H groups in total. The van der Waals surface area contributed by atoms with Crippen molar-refractivity contribution in [3.8, 4) is 5.75 Å². The second kappa shape index (κ2) is 7.57. The first kappa shape index (κ1) is 16.0. The highest BCUT2D eigenvalue weighted by Crippen LogP contribution is 2.24. The second-order valence-corrected chi connectivity index (χ2v) is 6.39. The van der Waals surface area contributed by atoms with E-state index in [1.807, 2.05) is 30.5 Å². The molecule has 3 rings (SSSR count). The summed E-state index contributed by atoms with van der Waals surface area (Å²) in [6.45, 7) is 1.83. The standard InChI is InChI=1S/C19H24N2O2/c1-21(13-16-5-3-9-20-12-16)14-19-8-7-18(23-19)11-15-4-2-6-17(22)10-15/h2-6,9-10,12,18-19,22H,7-8,11,13-14H2,1H3/t18-,19+/m0/s1. The van der Waals surface area contributed by atoms with Gasteiger partial charge in [0.25, 0.3) is 0 Å². The molecule has 0 unspecified atom stereocenters.